The van der Waals surface area contributed by atoms with Crippen molar-refractivity contribution < 1.29 is 10.2 Å². The first-order valence-electron chi connectivity index (χ1n) is 7.95. The Labute approximate surface area is 140 Å². The smallest absolute Gasteiger partial charge is 0.123 e. The monoisotopic (exact) mass is 326 g/mol. The third kappa shape index (κ3) is 3.67. The molecule has 3 aromatic rings. The fourth-order valence-electron chi connectivity index (χ4n) is 2.78. The SMILES string of the molecule is C[C@H](Cc1c[nH]c2ccc(O)cc12)NC[C@H](O)c1ccc(N)nc1. The van der Waals surface area contributed by atoms with Gasteiger partial charge in [0.25, 0.3) is 0 Å². The molecule has 1 aromatic carbocycles. The first-order valence-corrected chi connectivity index (χ1v) is 7.95. The molecule has 0 saturated carbocycles. The third-order valence-corrected chi connectivity index (χ3v) is 4.13. The molecule has 2 aromatic heterocycles. The van der Waals surface area contributed by atoms with Gasteiger partial charge in [-0.05, 0) is 43.2 Å². The van der Waals surface area contributed by atoms with Crippen LogP contribution in [0.1, 0.15) is 24.2 Å². The van der Waals surface area contributed by atoms with E-state index in [1.54, 1.807) is 30.5 Å². The van der Waals surface area contributed by atoms with E-state index in [1.165, 1.54) is 0 Å². The number of nitrogens with zero attached hydrogens (tertiary/aromatic N) is 1. The van der Waals surface area contributed by atoms with Crippen LogP contribution in [-0.2, 0) is 6.42 Å². The van der Waals surface area contributed by atoms with Gasteiger partial charge < -0.3 is 26.2 Å². The van der Waals surface area contributed by atoms with E-state index in [2.05, 4.69) is 22.2 Å². The number of aromatic hydroxyl groups is 1. The molecule has 0 amide bonds. The van der Waals surface area contributed by atoms with Gasteiger partial charge >= 0.3 is 0 Å². The van der Waals surface area contributed by atoms with Crippen LogP contribution in [0.25, 0.3) is 10.9 Å². The molecule has 126 valence electrons. The number of hydrogen-bond donors (Lipinski definition) is 5. The van der Waals surface area contributed by atoms with Gasteiger partial charge in [0.1, 0.15) is 11.6 Å². The molecule has 0 saturated heterocycles. The second-order valence-corrected chi connectivity index (χ2v) is 6.09. The van der Waals surface area contributed by atoms with Crippen molar-refractivity contribution in [3.05, 3.63) is 53.9 Å². The summed E-state index contributed by atoms with van der Waals surface area (Å²) < 4.78 is 0. The fraction of sp³-hybridized carbons (Fsp3) is 0.278. The number of nitrogen functional groups attached to an aromatic ring is 1. The van der Waals surface area contributed by atoms with Crippen LogP contribution in [0.2, 0.25) is 0 Å². The minimum Gasteiger partial charge on any atom is -0.508 e. The molecular weight excluding hydrogens is 304 g/mol. The Bertz CT molecular complexity index is 814. The van der Waals surface area contributed by atoms with Crippen molar-refractivity contribution in [1.29, 1.82) is 0 Å². The van der Waals surface area contributed by atoms with Crippen molar-refractivity contribution in [2.75, 3.05) is 12.3 Å². The number of benzene rings is 1. The number of nitrogens with one attached hydrogen (secondary N) is 2. The Balaban J connectivity index is 1.59. The van der Waals surface area contributed by atoms with E-state index in [0.717, 1.165) is 28.5 Å². The number of hydrogen-bond acceptors (Lipinski definition) is 5. The average Bonchev–Trinajstić information content (AvgIpc) is 2.95. The summed E-state index contributed by atoms with van der Waals surface area (Å²) in [4.78, 5) is 7.20. The summed E-state index contributed by atoms with van der Waals surface area (Å²) in [6, 6.07) is 8.93. The summed E-state index contributed by atoms with van der Waals surface area (Å²) in [5, 5.41) is 24.2. The van der Waals surface area contributed by atoms with Crippen molar-refractivity contribution in [2.24, 2.45) is 0 Å². The molecule has 0 radical (unpaired) electrons. The van der Waals surface area contributed by atoms with E-state index in [4.69, 9.17) is 5.73 Å². The van der Waals surface area contributed by atoms with Gasteiger partial charge in [-0.15, -0.1) is 0 Å². The minimum absolute atomic E-state index is 0.169. The van der Waals surface area contributed by atoms with E-state index in [-0.39, 0.29) is 11.8 Å². The predicted molar refractivity (Wildman–Crippen MR) is 94.7 cm³/mol. The van der Waals surface area contributed by atoms with E-state index >= 15 is 0 Å². The van der Waals surface area contributed by atoms with Crippen LogP contribution < -0.4 is 11.1 Å². The molecule has 0 aliphatic carbocycles. The Hall–Kier alpha value is -2.57. The second-order valence-electron chi connectivity index (χ2n) is 6.09. The van der Waals surface area contributed by atoms with Crippen LogP contribution in [0.15, 0.2) is 42.7 Å². The highest BCUT2D eigenvalue weighted by Crippen LogP contribution is 2.24. The Morgan fingerprint density at radius 1 is 1.29 bits per heavy atom. The number of aromatic nitrogens is 2. The van der Waals surface area contributed by atoms with E-state index in [1.807, 2.05) is 12.3 Å². The van der Waals surface area contributed by atoms with Crippen LogP contribution in [-0.4, -0.2) is 32.8 Å². The highest BCUT2D eigenvalue weighted by Gasteiger charge is 2.12. The van der Waals surface area contributed by atoms with Gasteiger partial charge in [0.15, 0.2) is 0 Å². The highest BCUT2D eigenvalue weighted by atomic mass is 16.3. The Morgan fingerprint density at radius 3 is 2.88 bits per heavy atom. The summed E-state index contributed by atoms with van der Waals surface area (Å²) >= 11 is 0. The number of anilines is 1. The zero-order chi connectivity index (χ0) is 17.1. The molecule has 2 atom stereocenters. The van der Waals surface area contributed by atoms with Gasteiger partial charge in [0, 0.05) is 41.4 Å². The number of rotatable bonds is 6. The van der Waals surface area contributed by atoms with Crippen molar-refractivity contribution in [3.63, 3.8) is 0 Å². The maximum absolute atomic E-state index is 10.2. The van der Waals surface area contributed by atoms with Crippen molar-refractivity contribution in [2.45, 2.75) is 25.5 Å². The van der Waals surface area contributed by atoms with Crippen molar-refractivity contribution in [1.82, 2.24) is 15.3 Å². The summed E-state index contributed by atoms with van der Waals surface area (Å²) in [6.07, 6.45) is 3.71. The zero-order valence-corrected chi connectivity index (χ0v) is 13.5. The van der Waals surface area contributed by atoms with Gasteiger partial charge in [-0.3, -0.25) is 0 Å². The van der Waals surface area contributed by atoms with Gasteiger partial charge in [-0.2, -0.15) is 0 Å². The number of H-pyrrole nitrogens is 1. The van der Waals surface area contributed by atoms with Crippen molar-refractivity contribution in [3.8, 4) is 5.75 Å². The molecule has 6 heteroatoms. The van der Waals surface area contributed by atoms with E-state index in [9.17, 15) is 10.2 Å². The zero-order valence-electron chi connectivity index (χ0n) is 13.5. The van der Waals surface area contributed by atoms with Gasteiger partial charge in [0.2, 0.25) is 0 Å². The Morgan fingerprint density at radius 2 is 2.12 bits per heavy atom. The number of aromatic amines is 1. The molecule has 0 aliphatic heterocycles. The maximum atomic E-state index is 10.2. The molecule has 6 N–H and O–H groups in total. The Kier molecular flexibility index (Phi) is 4.69. The normalized spacial score (nSPS) is 13.9. The molecule has 24 heavy (non-hydrogen) atoms. The number of nitrogens with two attached hydrogens (primary N) is 1. The van der Waals surface area contributed by atoms with E-state index < -0.39 is 6.10 Å². The number of aliphatic hydroxyl groups is 1. The molecule has 0 bridgehead atoms. The minimum atomic E-state index is -0.632. The highest BCUT2D eigenvalue weighted by molar-refractivity contribution is 5.84. The molecule has 0 aliphatic rings. The average molecular weight is 326 g/mol. The molecule has 0 unspecified atom stereocenters. The predicted octanol–water partition coefficient (Wildman–Crippen LogP) is 2.10. The lowest BCUT2D eigenvalue weighted by Crippen LogP contribution is -2.32. The van der Waals surface area contributed by atoms with Gasteiger partial charge in [0.05, 0.1) is 6.10 Å². The molecular formula is C18H22N4O2. The van der Waals surface area contributed by atoms with Crippen LogP contribution in [0.5, 0.6) is 5.75 Å². The molecule has 3 rings (SSSR count). The number of phenolic OH excluding ortho intramolecular Hbond substituents is 1. The second kappa shape index (κ2) is 6.90. The topological polar surface area (TPSA) is 107 Å². The summed E-state index contributed by atoms with van der Waals surface area (Å²) in [6.45, 7) is 2.50. The van der Waals surface area contributed by atoms with Crippen molar-refractivity contribution >= 4 is 16.7 Å². The maximum Gasteiger partial charge on any atom is 0.123 e. The molecule has 0 spiro atoms. The van der Waals surface area contributed by atoms with Crippen LogP contribution in [0.4, 0.5) is 5.82 Å². The summed E-state index contributed by atoms with van der Waals surface area (Å²) in [5.41, 5.74) is 8.42. The number of phenols is 1. The quantitative estimate of drug-likeness (QED) is 0.477. The third-order valence-electron chi connectivity index (χ3n) is 4.13. The number of fused-ring (bicyclic) bond motifs is 1. The largest absolute Gasteiger partial charge is 0.508 e. The van der Waals surface area contributed by atoms with Crippen LogP contribution >= 0.6 is 0 Å². The lowest BCUT2D eigenvalue weighted by atomic mass is 10.1. The van der Waals surface area contributed by atoms with E-state index in [0.29, 0.717) is 12.4 Å². The molecule has 0 fully saturated rings. The first kappa shape index (κ1) is 16.3. The van der Waals surface area contributed by atoms with Crippen LogP contribution in [0.3, 0.4) is 0 Å². The van der Waals surface area contributed by atoms with Gasteiger partial charge in [-0.25, -0.2) is 4.98 Å². The molecule has 6 nitrogen and oxygen atoms in total. The lowest BCUT2D eigenvalue weighted by molar-refractivity contribution is 0.170. The fourth-order valence-corrected chi connectivity index (χ4v) is 2.78. The first-order chi connectivity index (χ1) is 11.5. The molecule has 2 heterocycles. The van der Waals surface area contributed by atoms with Crippen LogP contribution in [0, 0.1) is 0 Å². The van der Waals surface area contributed by atoms with Gasteiger partial charge in [-0.1, -0.05) is 6.07 Å². The number of aliphatic hydroxyl groups excluding tert-OH is 1. The lowest BCUT2D eigenvalue weighted by Gasteiger charge is -2.17. The standard InChI is InChI=1S/C18H22N4O2/c1-11(20-10-17(24)12-2-5-18(19)22-8-12)6-13-9-21-16-4-3-14(23)7-15(13)16/h2-5,7-9,11,17,20-21,23-24H,6,10H2,1H3,(H2,19,22)/t11-,17+/m1/s1. The summed E-state index contributed by atoms with van der Waals surface area (Å²) in [7, 11) is 0. The summed E-state index contributed by atoms with van der Waals surface area (Å²) in [5.74, 6) is 0.699. The number of pyridine rings is 1.